The second-order valence-corrected chi connectivity index (χ2v) is 5.53. The van der Waals surface area contributed by atoms with Crippen LogP contribution in [-0.2, 0) is 9.47 Å². The molecule has 0 aromatic heterocycles. The number of hydrogen-bond donors (Lipinski definition) is 1. The number of hydrogen-bond acceptors (Lipinski definition) is 4. The monoisotopic (exact) mass is 334 g/mol. The van der Waals surface area contributed by atoms with Gasteiger partial charge in [0.25, 0.3) is 0 Å². The average molecular weight is 335 g/mol. The molecule has 0 atom stereocenters. The highest BCUT2D eigenvalue weighted by molar-refractivity contribution is 6.31. The van der Waals surface area contributed by atoms with Gasteiger partial charge in [0.05, 0.1) is 13.2 Å². The molecule has 2 aromatic rings. The van der Waals surface area contributed by atoms with Crippen LogP contribution in [0.1, 0.15) is 22.2 Å². The van der Waals surface area contributed by atoms with Crippen molar-refractivity contribution in [3.63, 3.8) is 0 Å². The van der Waals surface area contributed by atoms with E-state index in [1.165, 1.54) is 12.1 Å². The lowest BCUT2D eigenvalue weighted by Crippen LogP contribution is -2.36. The first-order valence-corrected chi connectivity index (χ1v) is 7.49. The maximum absolute atomic E-state index is 11.3. The minimum atomic E-state index is -1.10. The Labute approximate surface area is 138 Å². The molecule has 1 aliphatic rings. The molecule has 0 aliphatic carbocycles. The van der Waals surface area contributed by atoms with Gasteiger partial charge in [0.15, 0.2) is 6.29 Å². The van der Waals surface area contributed by atoms with E-state index < -0.39 is 12.3 Å². The van der Waals surface area contributed by atoms with Crippen molar-refractivity contribution in [1.82, 2.24) is 0 Å². The van der Waals surface area contributed by atoms with Gasteiger partial charge in [-0.1, -0.05) is 41.9 Å². The molecule has 3 rings (SSSR count). The van der Waals surface area contributed by atoms with Crippen LogP contribution in [-0.4, -0.2) is 30.4 Å². The van der Waals surface area contributed by atoms with Crippen LogP contribution in [0.4, 0.5) is 0 Å². The van der Waals surface area contributed by atoms with Crippen molar-refractivity contribution >= 4 is 17.6 Å². The van der Waals surface area contributed by atoms with E-state index in [1.807, 2.05) is 30.3 Å². The first-order chi connectivity index (χ1) is 11.1. The highest BCUT2D eigenvalue weighted by atomic mass is 35.5. The molecule has 1 heterocycles. The SMILES string of the molecule is O=C(O)c1cc(Cl)ccc1OC1COC(c2ccccc2)OC1. The van der Waals surface area contributed by atoms with Crippen LogP contribution in [0.2, 0.25) is 5.02 Å². The minimum Gasteiger partial charge on any atom is -0.485 e. The van der Waals surface area contributed by atoms with Crippen molar-refractivity contribution in [3.05, 3.63) is 64.7 Å². The summed E-state index contributed by atoms with van der Waals surface area (Å²) in [6.07, 6.45) is -0.811. The maximum atomic E-state index is 11.3. The van der Waals surface area contributed by atoms with Gasteiger partial charge in [0.2, 0.25) is 0 Å². The maximum Gasteiger partial charge on any atom is 0.339 e. The summed E-state index contributed by atoms with van der Waals surface area (Å²) in [7, 11) is 0. The molecular weight excluding hydrogens is 320 g/mol. The molecule has 6 heteroatoms. The van der Waals surface area contributed by atoms with Gasteiger partial charge in [-0.2, -0.15) is 0 Å². The van der Waals surface area contributed by atoms with Gasteiger partial charge < -0.3 is 19.3 Å². The zero-order chi connectivity index (χ0) is 16.2. The van der Waals surface area contributed by atoms with E-state index in [2.05, 4.69) is 0 Å². The number of rotatable bonds is 4. The summed E-state index contributed by atoms with van der Waals surface area (Å²) in [5.74, 6) is -0.848. The highest BCUT2D eigenvalue weighted by Crippen LogP contribution is 2.27. The second-order valence-electron chi connectivity index (χ2n) is 5.09. The van der Waals surface area contributed by atoms with Crippen molar-refractivity contribution in [2.75, 3.05) is 13.2 Å². The van der Waals surface area contributed by atoms with Crippen molar-refractivity contribution in [1.29, 1.82) is 0 Å². The predicted molar refractivity (Wildman–Crippen MR) is 83.9 cm³/mol. The Morgan fingerprint density at radius 2 is 1.83 bits per heavy atom. The molecule has 1 saturated heterocycles. The third-order valence-corrected chi connectivity index (χ3v) is 3.64. The summed E-state index contributed by atoms with van der Waals surface area (Å²) < 4.78 is 17.0. The van der Waals surface area contributed by atoms with Gasteiger partial charge in [-0.15, -0.1) is 0 Å². The molecule has 0 saturated carbocycles. The quantitative estimate of drug-likeness (QED) is 0.926. The zero-order valence-electron chi connectivity index (χ0n) is 12.1. The van der Waals surface area contributed by atoms with Gasteiger partial charge in [0.1, 0.15) is 17.4 Å². The number of carboxylic acids is 1. The normalized spacial score (nSPS) is 20.9. The topological polar surface area (TPSA) is 65.0 Å². The average Bonchev–Trinajstić information content (AvgIpc) is 2.58. The molecule has 5 nitrogen and oxygen atoms in total. The number of halogens is 1. The van der Waals surface area contributed by atoms with Gasteiger partial charge in [-0.25, -0.2) is 4.79 Å². The molecular formula is C17H15ClO5. The molecule has 0 radical (unpaired) electrons. The Kier molecular flexibility index (Phi) is 4.81. The molecule has 1 N–H and O–H groups in total. The van der Waals surface area contributed by atoms with Gasteiger partial charge in [0, 0.05) is 10.6 Å². The van der Waals surface area contributed by atoms with E-state index >= 15 is 0 Å². The Morgan fingerprint density at radius 3 is 2.48 bits per heavy atom. The lowest BCUT2D eigenvalue weighted by Gasteiger charge is -2.30. The lowest BCUT2D eigenvalue weighted by molar-refractivity contribution is -0.215. The molecule has 23 heavy (non-hydrogen) atoms. The molecule has 1 fully saturated rings. The van der Waals surface area contributed by atoms with Crippen LogP contribution in [0.25, 0.3) is 0 Å². The highest BCUT2D eigenvalue weighted by Gasteiger charge is 2.26. The van der Waals surface area contributed by atoms with Crippen LogP contribution >= 0.6 is 11.6 Å². The zero-order valence-corrected chi connectivity index (χ0v) is 12.9. The third kappa shape index (κ3) is 3.82. The van der Waals surface area contributed by atoms with Crippen LogP contribution in [0.5, 0.6) is 5.75 Å². The summed E-state index contributed by atoms with van der Waals surface area (Å²) in [6, 6.07) is 14.1. The molecule has 0 amide bonds. The first kappa shape index (κ1) is 15.8. The van der Waals surface area contributed by atoms with Crippen molar-refractivity contribution < 1.29 is 24.1 Å². The largest absolute Gasteiger partial charge is 0.485 e. The van der Waals surface area contributed by atoms with Crippen molar-refractivity contribution in [2.45, 2.75) is 12.4 Å². The summed E-state index contributed by atoms with van der Waals surface area (Å²) in [4.78, 5) is 11.3. The molecule has 1 aliphatic heterocycles. The lowest BCUT2D eigenvalue weighted by atomic mass is 10.2. The summed E-state index contributed by atoms with van der Waals surface area (Å²) in [6.45, 7) is 0.614. The van der Waals surface area contributed by atoms with E-state index in [0.717, 1.165) is 5.56 Å². The fraction of sp³-hybridized carbons (Fsp3) is 0.235. The van der Waals surface area contributed by atoms with Crippen molar-refractivity contribution in [3.8, 4) is 5.75 Å². The van der Waals surface area contributed by atoms with Crippen LogP contribution in [0.3, 0.4) is 0 Å². The first-order valence-electron chi connectivity index (χ1n) is 7.11. The van der Waals surface area contributed by atoms with Gasteiger partial charge in [-0.05, 0) is 18.2 Å². The second kappa shape index (κ2) is 7.00. The number of carbonyl (C=O) groups is 1. The Hall–Kier alpha value is -2.08. The van der Waals surface area contributed by atoms with Crippen LogP contribution < -0.4 is 4.74 Å². The summed E-state index contributed by atoms with van der Waals surface area (Å²) in [5.41, 5.74) is 0.950. The van der Waals surface area contributed by atoms with E-state index in [0.29, 0.717) is 18.2 Å². The number of benzene rings is 2. The van der Waals surface area contributed by atoms with E-state index in [-0.39, 0.29) is 17.4 Å². The van der Waals surface area contributed by atoms with Gasteiger partial charge in [-0.3, -0.25) is 0 Å². The Bertz CT molecular complexity index is 681. The Balaban J connectivity index is 1.64. The predicted octanol–water partition coefficient (Wildman–Crippen LogP) is 3.53. The van der Waals surface area contributed by atoms with E-state index in [9.17, 15) is 9.90 Å². The fourth-order valence-electron chi connectivity index (χ4n) is 2.31. The minimum absolute atomic E-state index is 0.0164. The van der Waals surface area contributed by atoms with Crippen molar-refractivity contribution in [2.24, 2.45) is 0 Å². The van der Waals surface area contributed by atoms with Crippen LogP contribution in [0.15, 0.2) is 48.5 Å². The summed E-state index contributed by atoms with van der Waals surface area (Å²) >= 11 is 5.82. The molecule has 0 bridgehead atoms. The van der Waals surface area contributed by atoms with Gasteiger partial charge >= 0.3 is 5.97 Å². The fourth-order valence-corrected chi connectivity index (χ4v) is 2.48. The number of aromatic carboxylic acids is 1. The third-order valence-electron chi connectivity index (χ3n) is 3.40. The van der Waals surface area contributed by atoms with Crippen LogP contribution in [0, 0.1) is 0 Å². The Morgan fingerprint density at radius 1 is 1.13 bits per heavy atom. The number of carboxylic acid groups (broad SMARTS) is 1. The molecule has 2 aromatic carbocycles. The standard InChI is InChI=1S/C17H15ClO5/c18-12-6-7-15(14(8-12)16(19)20)23-13-9-21-17(22-10-13)11-4-2-1-3-5-11/h1-8,13,17H,9-10H2,(H,19,20). The molecule has 0 unspecified atom stereocenters. The van der Waals surface area contributed by atoms with E-state index in [1.54, 1.807) is 6.07 Å². The summed E-state index contributed by atoms with van der Waals surface area (Å²) in [5, 5.41) is 9.55. The molecule has 120 valence electrons. The number of ether oxygens (including phenoxy) is 3. The van der Waals surface area contributed by atoms with E-state index in [4.69, 9.17) is 25.8 Å². The molecule has 0 spiro atoms. The smallest absolute Gasteiger partial charge is 0.339 e.